The lowest BCUT2D eigenvalue weighted by Gasteiger charge is -2.15. The van der Waals surface area contributed by atoms with Crippen LogP contribution in [0, 0.1) is 11.6 Å². The van der Waals surface area contributed by atoms with Crippen LogP contribution in [-0.2, 0) is 29.2 Å². The van der Waals surface area contributed by atoms with Crippen molar-refractivity contribution in [1.29, 1.82) is 0 Å². The molecule has 0 aromatic heterocycles. The SMILES string of the molecule is CCC(C)Nc1cc(F)cc(COc2c(Br)cc(C(=O)NCC(=O)O)cc2Br)c1.CCC(C)Nc1cc(F)cc(COc2c(Cl)cc(CCC(=O)O)cc2Cl)c1. The zero-order valence-corrected chi connectivity index (χ0v) is 35.8. The molecule has 10 nitrogen and oxygen atoms in total. The normalized spacial score (nSPS) is 11.8. The summed E-state index contributed by atoms with van der Waals surface area (Å²) in [6.45, 7) is 7.87. The van der Waals surface area contributed by atoms with Gasteiger partial charge >= 0.3 is 11.9 Å². The van der Waals surface area contributed by atoms with Crippen LogP contribution in [0.4, 0.5) is 20.2 Å². The fourth-order valence-corrected chi connectivity index (χ4v) is 7.01. The Labute approximate surface area is 351 Å². The fourth-order valence-electron chi connectivity index (χ4n) is 4.95. The second kappa shape index (κ2) is 22.6. The number of halogens is 6. The second-order valence-electron chi connectivity index (χ2n) is 12.8. The van der Waals surface area contributed by atoms with Crippen LogP contribution in [0.25, 0.3) is 0 Å². The van der Waals surface area contributed by atoms with E-state index in [1.807, 2.05) is 39.8 Å². The molecule has 0 bridgehead atoms. The number of ether oxygens (including phenoxy) is 2. The Morgan fingerprint density at radius 3 is 1.59 bits per heavy atom. The molecule has 2 atom stereocenters. The Kier molecular flexibility index (Phi) is 18.7. The van der Waals surface area contributed by atoms with Crippen LogP contribution in [0.1, 0.15) is 74.0 Å². The van der Waals surface area contributed by atoms with Gasteiger partial charge in [-0.2, -0.15) is 0 Å². The van der Waals surface area contributed by atoms with Crippen molar-refractivity contribution in [2.45, 2.75) is 78.7 Å². The molecule has 0 spiro atoms. The van der Waals surface area contributed by atoms with E-state index >= 15 is 0 Å². The summed E-state index contributed by atoms with van der Waals surface area (Å²) in [6, 6.07) is 16.1. The van der Waals surface area contributed by atoms with Crippen molar-refractivity contribution >= 4 is 84.3 Å². The van der Waals surface area contributed by atoms with Crippen LogP contribution in [0.15, 0.2) is 69.6 Å². The summed E-state index contributed by atoms with van der Waals surface area (Å²) in [5, 5.41) is 26.8. The quantitative estimate of drug-likeness (QED) is 0.0658. The van der Waals surface area contributed by atoms with Gasteiger partial charge in [0.2, 0.25) is 0 Å². The van der Waals surface area contributed by atoms with Gasteiger partial charge in [0, 0.05) is 35.4 Å². The molecule has 4 aromatic carbocycles. The van der Waals surface area contributed by atoms with Crippen molar-refractivity contribution in [3.8, 4) is 11.5 Å². The minimum absolute atomic E-state index is 0.0118. The van der Waals surface area contributed by atoms with Gasteiger partial charge < -0.3 is 35.6 Å². The first kappa shape index (κ1) is 46.3. The van der Waals surface area contributed by atoms with Gasteiger partial charge in [0.1, 0.15) is 37.1 Å². The molecule has 0 radical (unpaired) electrons. The maximum Gasteiger partial charge on any atom is 0.322 e. The van der Waals surface area contributed by atoms with Crippen LogP contribution >= 0.6 is 55.1 Å². The van der Waals surface area contributed by atoms with Crippen LogP contribution in [0.2, 0.25) is 10.0 Å². The number of hydrogen-bond acceptors (Lipinski definition) is 7. The first-order chi connectivity index (χ1) is 26.5. The lowest BCUT2D eigenvalue weighted by atomic mass is 10.1. The Balaban J connectivity index is 0.000000301. The van der Waals surface area contributed by atoms with E-state index in [0.29, 0.717) is 49.2 Å². The lowest BCUT2D eigenvalue weighted by Crippen LogP contribution is -2.29. The summed E-state index contributed by atoms with van der Waals surface area (Å²) in [4.78, 5) is 33.3. The zero-order valence-electron chi connectivity index (χ0n) is 31.1. The number of carbonyl (C=O) groups excluding carboxylic acids is 1. The van der Waals surface area contributed by atoms with Crippen LogP contribution in [-0.4, -0.2) is 46.7 Å². The maximum absolute atomic E-state index is 13.9. The van der Waals surface area contributed by atoms with Gasteiger partial charge in [-0.25, -0.2) is 8.78 Å². The summed E-state index contributed by atoms with van der Waals surface area (Å²) < 4.78 is 40.3. The highest BCUT2D eigenvalue weighted by Gasteiger charge is 2.16. The van der Waals surface area contributed by atoms with Crippen molar-refractivity contribution in [2.24, 2.45) is 0 Å². The van der Waals surface area contributed by atoms with Gasteiger partial charge in [-0.15, -0.1) is 0 Å². The van der Waals surface area contributed by atoms with E-state index in [1.165, 1.54) is 36.4 Å². The first-order valence-corrected chi connectivity index (χ1v) is 19.9. The van der Waals surface area contributed by atoms with Crippen molar-refractivity contribution < 1.29 is 42.9 Å². The van der Waals surface area contributed by atoms with Crippen LogP contribution in [0.5, 0.6) is 11.5 Å². The van der Waals surface area contributed by atoms with E-state index in [0.717, 1.165) is 12.8 Å². The minimum atomic E-state index is -1.13. The van der Waals surface area contributed by atoms with Gasteiger partial charge in [0.05, 0.1) is 19.0 Å². The topological polar surface area (TPSA) is 146 Å². The van der Waals surface area contributed by atoms with Crippen molar-refractivity contribution in [3.63, 3.8) is 0 Å². The molecule has 0 heterocycles. The minimum Gasteiger partial charge on any atom is -0.487 e. The van der Waals surface area contributed by atoms with E-state index in [9.17, 15) is 23.2 Å². The van der Waals surface area contributed by atoms with Crippen molar-refractivity contribution in [1.82, 2.24) is 5.32 Å². The largest absolute Gasteiger partial charge is 0.487 e. The number of amides is 1. The molecule has 16 heteroatoms. The number of anilines is 2. The molecule has 0 fully saturated rings. The summed E-state index contributed by atoms with van der Waals surface area (Å²) in [5.74, 6) is -2.53. The van der Waals surface area contributed by atoms with E-state index in [1.54, 1.807) is 12.1 Å². The molecule has 2 unspecified atom stereocenters. The number of carbonyl (C=O) groups is 3. The van der Waals surface area contributed by atoms with Gasteiger partial charge in [-0.3, -0.25) is 14.4 Å². The van der Waals surface area contributed by atoms with Gasteiger partial charge in [-0.05, 0) is 142 Å². The number of hydrogen-bond donors (Lipinski definition) is 5. The van der Waals surface area contributed by atoms with E-state index in [-0.39, 0.29) is 64.7 Å². The van der Waals surface area contributed by atoms with Gasteiger partial charge in [0.25, 0.3) is 5.91 Å². The summed E-state index contributed by atoms with van der Waals surface area (Å²) in [5.41, 5.74) is 3.64. The zero-order chi connectivity index (χ0) is 41.5. The molecule has 0 saturated carbocycles. The molecule has 302 valence electrons. The summed E-state index contributed by atoms with van der Waals surface area (Å²) in [6.07, 6.45) is 2.14. The molecular weight excluding hydrogens is 903 g/mol. The highest BCUT2D eigenvalue weighted by atomic mass is 79.9. The smallest absolute Gasteiger partial charge is 0.322 e. The van der Waals surface area contributed by atoms with Gasteiger partial charge in [-0.1, -0.05) is 37.0 Å². The summed E-state index contributed by atoms with van der Waals surface area (Å²) >= 11 is 19.2. The molecule has 0 aliphatic heterocycles. The summed E-state index contributed by atoms with van der Waals surface area (Å²) in [7, 11) is 0. The number of carboxylic acid groups (broad SMARTS) is 2. The predicted octanol–water partition coefficient (Wildman–Crippen LogP) is 10.9. The highest BCUT2D eigenvalue weighted by Crippen LogP contribution is 2.37. The third-order valence-electron chi connectivity index (χ3n) is 8.08. The Hall–Kier alpha value is -4.11. The lowest BCUT2D eigenvalue weighted by molar-refractivity contribution is -0.137. The molecule has 4 aromatic rings. The van der Waals surface area contributed by atoms with Crippen LogP contribution < -0.4 is 25.4 Å². The number of nitrogens with one attached hydrogen (secondary N) is 3. The standard InChI is InChI=1S/C20H21Br2FN2O4.C20H22Cl2FNO3/c1-3-11(2)25-15-5-12(4-14(23)8-15)10-29-19-16(21)6-13(7-17(19)22)20(28)24-9-18(26)27;1-3-12(2)24-16-7-14(6-15(23)10-16)11-27-20-17(21)8-13(9-18(20)22)4-5-19(25)26/h4-8,11,25H,3,9-10H2,1-2H3,(H,24,28)(H,26,27);6-10,12,24H,3-5,11H2,1-2H3,(H,25,26). The second-order valence-corrected chi connectivity index (χ2v) is 15.3. The molecule has 56 heavy (non-hydrogen) atoms. The number of aryl methyl sites for hydroxylation is 1. The van der Waals surface area contributed by atoms with Crippen molar-refractivity contribution in [2.75, 3.05) is 17.2 Å². The molecule has 0 aliphatic carbocycles. The number of carboxylic acids is 2. The Bertz CT molecular complexity index is 1960. The fraction of sp³-hybridized carbons (Fsp3) is 0.325. The molecule has 0 aliphatic rings. The maximum atomic E-state index is 13.9. The van der Waals surface area contributed by atoms with Crippen molar-refractivity contribution in [3.05, 3.63) is 114 Å². The van der Waals surface area contributed by atoms with Crippen LogP contribution in [0.3, 0.4) is 0 Å². The Morgan fingerprint density at radius 2 is 1.16 bits per heavy atom. The first-order valence-electron chi connectivity index (χ1n) is 17.5. The van der Waals surface area contributed by atoms with E-state index < -0.39 is 24.4 Å². The third kappa shape index (κ3) is 15.4. The molecule has 1 amide bonds. The molecule has 4 rings (SSSR count). The average Bonchev–Trinajstić information content (AvgIpc) is 3.11. The number of benzene rings is 4. The average molecular weight is 947 g/mol. The van der Waals surface area contributed by atoms with E-state index in [4.69, 9.17) is 42.9 Å². The monoisotopic (exact) mass is 943 g/mol. The number of aliphatic carboxylic acids is 2. The van der Waals surface area contributed by atoms with E-state index in [2.05, 4.69) is 47.8 Å². The van der Waals surface area contributed by atoms with Gasteiger partial charge in [0.15, 0.2) is 5.75 Å². The molecule has 0 saturated heterocycles. The highest BCUT2D eigenvalue weighted by molar-refractivity contribution is 9.11. The molecule has 5 N–H and O–H groups in total. The number of rotatable bonds is 18. The molecular formula is C40H43Br2Cl2F2N3O7. The third-order valence-corrected chi connectivity index (χ3v) is 9.82. The predicted molar refractivity (Wildman–Crippen MR) is 222 cm³/mol. The Morgan fingerprint density at radius 1 is 0.696 bits per heavy atom.